The van der Waals surface area contributed by atoms with E-state index in [1.54, 1.807) is 29.2 Å². The molecule has 1 aromatic heterocycles. The molecule has 1 aliphatic rings. The minimum atomic E-state index is -0.582. The van der Waals surface area contributed by atoms with Gasteiger partial charge < -0.3 is 9.15 Å². The summed E-state index contributed by atoms with van der Waals surface area (Å²) < 4.78 is 11.7. The fraction of sp³-hybridized carbons (Fsp3) is 0.185. The quantitative estimate of drug-likeness (QED) is 0.415. The van der Waals surface area contributed by atoms with E-state index in [9.17, 15) is 9.59 Å². The van der Waals surface area contributed by atoms with Crippen molar-refractivity contribution >= 4 is 22.6 Å². The molecule has 0 saturated carbocycles. The van der Waals surface area contributed by atoms with Gasteiger partial charge in [-0.3, -0.25) is 14.5 Å². The Morgan fingerprint density at radius 3 is 2.38 bits per heavy atom. The number of ether oxygens (including phenoxy) is 1. The van der Waals surface area contributed by atoms with Crippen molar-refractivity contribution in [1.82, 2.24) is 0 Å². The number of rotatable bonds is 5. The summed E-state index contributed by atoms with van der Waals surface area (Å²) in [5, 5.41) is 0.470. The molecular weight excluding hydrogens is 402 g/mol. The van der Waals surface area contributed by atoms with Crippen LogP contribution >= 0.6 is 0 Å². The van der Waals surface area contributed by atoms with E-state index >= 15 is 0 Å². The van der Waals surface area contributed by atoms with E-state index in [4.69, 9.17) is 9.15 Å². The van der Waals surface area contributed by atoms with E-state index in [1.165, 1.54) is 0 Å². The zero-order valence-corrected chi connectivity index (χ0v) is 18.0. The van der Waals surface area contributed by atoms with Gasteiger partial charge in [0.25, 0.3) is 5.91 Å². The Bertz CT molecular complexity index is 1350. The molecule has 32 heavy (non-hydrogen) atoms. The van der Waals surface area contributed by atoms with Gasteiger partial charge in [0.2, 0.25) is 5.76 Å². The molecule has 0 fully saturated rings. The molecule has 5 rings (SSSR count). The summed E-state index contributed by atoms with van der Waals surface area (Å²) in [4.78, 5) is 28.7. The fourth-order valence-corrected chi connectivity index (χ4v) is 4.17. The second kappa shape index (κ2) is 8.00. The van der Waals surface area contributed by atoms with Gasteiger partial charge in [-0.15, -0.1) is 0 Å². The van der Waals surface area contributed by atoms with Crippen molar-refractivity contribution in [3.63, 3.8) is 0 Å². The Kier molecular flexibility index (Phi) is 5.02. The molecule has 0 bridgehead atoms. The number of amides is 1. The number of benzene rings is 3. The molecule has 1 amide bonds. The summed E-state index contributed by atoms with van der Waals surface area (Å²) >= 11 is 0. The SMILES string of the molecule is CCCOc1ccc(C2c3c(oc4ccccc4c3=O)C(=O)N2c2ccc(C)cc2)cc1. The molecule has 1 unspecified atom stereocenters. The van der Waals surface area contributed by atoms with E-state index in [-0.39, 0.29) is 17.1 Å². The van der Waals surface area contributed by atoms with Crippen LogP contribution in [0.15, 0.2) is 82.0 Å². The number of carbonyl (C=O) groups is 1. The molecule has 3 aromatic carbocycles. The van der Waals surface area contributed by atoms with Crippen molar-refractivity contribution < 1.29 is 13.9 Å². The second-order valence-corrected chi connectivity index (χ2v) is 8.00. The monoisotopic (exact) mass is 425 g/mol. The Morgan fingerprint density at radius 2 is 1.66 bits per heavy atom. The summed E-state index contributed by atoms with van der Waals surface area (Å²) in [5.41, 5.74) is 3.23. The topological polar surface area (TPSA) is 59.8 Å². The predicted molar refractivity (Wildman–Crippen MR) is 125 cm³/mol. The van der Waals surface area contributed by atoms with Gasteiger partial charge in [-0.1, -0.05) is 48.9 Å². The van der Waals surface area contributed by atoms with Crippen molar-refractivity contribution in [3.05, 3.63) is 105 Å². The lowest BCUT2D eigenvalue weighted by molar-refractivity contribution is 0.0971. The molecule has 0 aliphatic carbocycles. The van der Waals surface area contributed by atoms with Crippen molar-refractivity contribution in [3.8, 4) is 5.75 Å². The van der Waals surface area contributed by atoms with Crippen molar-refractivity contribution in [2.45, 2.75) is 26.3 Å². The normalized spacial score (nSPS) is 15.2. The first-order chi connectivity index (χ1) is 15.6. The van der Waals surface area contributed by atoms with Gasteiger partial charge in [-0.25, -0.2) is 0 Å². The number of nitrogens with zero attached hydrogens (tertiary/aromatic N) is 1. The molecule has 0 spiro atoms. The lowest BCUT2D eigenvalue weighted by Gasteiger charge is -2.25. The molecule has 0 saturated heterocycles. The van der Waals surface area contributed by atoms with Crippen LogP contribution < -0.4 is 15.1 Å². The average molecular weight is 425 g/mol. The zero-order valence-electron chi connectivity index (χ0n) is 18.0. The highest BCUT2D eigenvalue weighted by Gasteiger charge is 2.43. The molecule has 1 aliphatic heterocycles. The maximum atomic E-state index is 13.5. The first kappa shape index (κ1) is 20.1. The summed E-state index contributed by atoms with van der Waals surface area (Å²) in [7, 11) is 0. The number of carbonyl (C=O) groups excluding carboxylic acids is 1. The smallest absolute Gasteiger partial charge is 0.295 e. The Hall–Kier alpha value is -3.86. The van der Waals surface area contributed by atoms with Crippen molar-refractivity contribution in [2.24, 2.45) is 0 Å². The number of fused-ring (bicyclic) bond motifs is 2. The summed E-state index contributed by atoms with van der Waals surface area (Å²) in [6.07, 6.45) is 0.918. The van der Waals surface area contributed by atoms with Crippen molar-refractivity contribution in [1.29, 1.82) is 0 Å². The number of para-hydroxylation sites is 1. The second-order valence-electron chi connectivity index (χ2n) is 8.00. The van der Waals surface area contributed by atoms with E-state index in [0.717, 1.165) is 23.3 Å². The van der Waals surface area contributed by atoms with Crippen LogP contribution in [0.1, 0.15) is 46.6 Å². The van der Waals surface area contributed by atoms with E-state index in [2.05, 4.69) is 6.92 Å². The summed E-state index contributed by atoms with van der Waals surface area (Å²) in [6, 6.07) is 21.7. The highest BCUT2D eigenvalue weighted by Crippen LogP contribution is 2.41. The molecule has 0 radical (unpaired) electrons. The molecule has 5 nitrogen and oxygen atoms in total. The lowest BCUT2D eigenvalue weighted by Crippen LogP contribution is -2.29. The molecular formula is C27H23NO4. The highest BCUT2D eigenvalue weighted by atomic mass is 16.5. The summed E-state index contributed by atoms with van der Waals surface area (Å²) in [6.45, 7) is 4.68. The van der Waals surface area contributed by atoms with Crippen LogP contribution in [0.4, 0.5) is 5.69 Å². The van der Waals surface area contributed by atoms with Crippen LogP contribution in [0.3, 0.4) is 0 Å². The Balaban J connectivity index is 1.70. The van der Waals surface area contributed by atoms with Crippen LogP contribution in [0.5, 0.6) is 5.75 Å². The van der Waals surface area contributed by atoms with Gasteiger partial charge in [0.1, 0.15) is 11.3 Å². The van der Waals surface area contributed by atoms with Gasteiger partial charge in [0, 0.05) is 5.69 Å². The Morgan fingerprint density at radius 1 is 0.938 bits per heavy atom. The van der Waals surface area contributed by atoms with Crippen LogP contribution in [0, 0.1) is 6.92 Å². The van der Waals surface area contributed by atoms with Crippen molar-refractivity contribution in [2.75, 3.05) is 11.5 Å². The number of anilines is 1. The lowest BCUT2D eigenvalue weighted by atomic mass is 9.98. The van der Waals surface area contributed by atoms with Crippen LogP contribution in [0.25, 0.3) is 11.0 Å². The van der Waals surface area contributed by atoms with Crippen LogP contribution in [0.2, 0.25) is 0 Å². The van der Waals surface area contributed by atoms with E-state index < -0.39 is 6.04 Å². The highest BCUT2D eigenvalue weighted by molar-refractivity contribution is 6.10. The summed E-state index contributed by atoms with van der Waals surface area (Å²) in [5.74, 6) is 0.543. The third kappa shape index (κ3) is 3.26. The minimum absolute atomic E-state index is 0.102. The molecule has 160 valence electrons. The number of aryl methyl sites for hydroxylation is 1. The van der Waals surface area contributed by atoms with Gasteiger partial charge in [0.05, 0.1) is 23.6 Å². The Labute approximate surface area is 185 Å². The molecule has 5 heteroatoms. The zero-order chi connectivity index (χ0) is 22.2. The molecule has 0 N–H and O–H groups in total. The molecule has 1 atom stereocenters. The van der Waals surface area contributed by atoms with Gasteiger partial charge in [-0.2, -0.15) is 0 Å². The van der Waals surface area contributed by atoms with Gasteiger partial charge in [-0.05, 0) is 55.3 Å². The molecule has 2 heterocycles. The average Bonchev–Trinajstić information content (AvgIpc) is 3.11. The van der Waals surface area contributed by atoms with E-state index in [1.807, 2.05) is 55.5 Å². The van der Waals surface area contributed by atoms with Gasteiger partial charge in [0.15, 0.2) is 5.43 Å². The fourth-order valence-electron chi connectivity index (χ4n) is 4.17. The molecule has 4 aromatic rings. The first-order valence-corrected chi connectivity index (χ1v) is 10.8. The van der Waals surface area contributed by atoms with Gasteiger partial charge >= 0.3 is 0 Å². The standard InChI is InChI=1S/C27H23NO4/c1-3-16-31-20-14-10-18(11-15-20)24-23-25(29)21-6-4-5-7-22(21)32-26(23)27(30)28(24)19-12-8-17(2)9-13-19/h4-15,24H,3,16H2,1-2H3. The minimum Gasteiger partial charge on any atom is -0.494 e. The predicted octanol–water partition coefficient (Wildman–Crippen LogP) is 5.64. The maximum absolute atomic E-state index is 13.5. The van der Waals surface area contributed by atoms with Crippen LogP contribution in [-0.2, 0) is 0 Å². The third-order valence-corrected chi connectivity index (χ3v) is 5.76. The first-order valence-electron chi connectivity index (χ1n) is 10.8. The number of hydrogen-bond donors (Lipinski definition) is 0. The number of hydrogen-bond acceptors (Lipinski definition) is 4. The van der Waals surface area contributed by atoms with E-state index in [0.29, 0.717) is 28.8 Å². The van der Waals surface area contributed by atoms with Crippen LogP contribution in [-0.4, -0.2) is 12.5 Å². The third-order valence-electron chi connectivity index (χ3n) is 5.76. The maximum Gasteiger partial charge on any atom is 0.295 e. The largest absolute Gasteiger partial charge is 0.494 e.